The first-order valence-electron chi connectivity index (χ1n) is 13.3. The van der Waals surface area contributed by atoms with Crippen LogP contribution in [-0.4, -0.2) is 76.7 Å². The van der Waals surface area contributed by atoms with Gasteiger partial charge in [-0.2, -0.15) is 0 Å². The van der Waals surface area contributed by atoms with E-state index in [0.29, 0.717) is 23.6 Å². The van der Waals surface area contributed by atoms with E-state index in [1.807, 2.05) is 0 Å². The summed E-state index contributed by atoms with van der Waals surface area (Å²) >= 11 is 0. The van der Waals surface area contributed by atoms with Crippen LogP contribution in [0, 0.1) is 17.6 Å². The average Bonchev–Trinajstić information content (AvgIpc) is 2.98. The number of ether oxygens (including phenoxy) is 3. The number of hydrogen-bond donors (Lipinski definition) is 4. The molecule has 5 rings (SSSR count). The number of anilines is 1. The van der Waals surface area contributed by atoms with Crippen LogP contribution in [0.2, 0.25) is 0 Å². The van der Waals surface area contributed by atoms with Gasteiger partial charge in [-0.05, 0) is 72.6 Å². The summed E-state index contributed by atoms with van der Waals surface area (Å²) in [5, 5.41) is 39.5. The van der Waals surface area contributed by atoms with Gasteiger partial charge in [0.15, 0.2) is 0 Å². The Labute approximate surface area is 235 Å². The van der Waals surface area contributed by atoms with Crippen LogP contribution in [0.15, 0.2) is 72.8 Å². The summed E-state index contributed by atoms with van der Waals surface area (Å²) in [6.07, 6.45) is -5.96. The summed E-state index contributed by atoms with van der Waals surface area (Å²) in [6, 6.07) is 17.9. The van der Waals surface area contributed by atoms with Crippen molar-refractivity contribution in [2.24, 2.45) is 5.92 Å². The highest BCUT2D eigenvalue weighted by Crippen LogP contribution is 2.45. The van der Waals surface area contributed by atoms with Gasteiger partial charge in [-0.1, -0.05) is 12.1 Å². The first-order chi connectivity index (χ1) is 19.8. The van der Waals surface area contributed by atoms with Crippen LogP contribution in [0.4, 0.5) is 14.5 Å². The summed E-state index contributed by atoms with van der Waals surface area (Å²) < 4.78 is 43.7. The second-order valence-corrected chi connectivity index (χ2v) is 10.1. The van der Waals surface area contributed by atoms with E-state index in [4.69, 9.17) is 14.2 Å². The standard InChI is InChI=1S/C30H31F2NO8/c31-18-3-7-20(8-4-18)33-26(23(30(33)38)13-14-39-21-11-5-19(32)6-12-21)17-1-9-22(10-2-17)40-16-25-28(36)29(37)27(35)24(15-34)41-25/h1-12,23-29,34-37H,13-16H2. The van der Waals surface area contributed by atoms with Gasteiger partial charge in [0.2, 0.25) is 5.91 Å². The fourth-order valence-corrected chi connectivity index (χ4v) is 5.19. The van der Waals surface area contributed by atoms with Crippen LogP contribution in [0.25, 0.3) is 0 Å². The number of β-lactam (4-membered cyclic amide) rings is 1. The molecule has 7 atom stereocenters. The summed E-state index contributed by atoms with van der Waals surface area (Å²) in [7, 11) is 0. The molecule has 0 spiro atoms. The van der Waals surface area contributed by atoms with Crippen LogP contribution in [0.1, 0.15) is 18.0 Å². The lowest BCUT2D eigenvalue weighted by Crippen LogP contribution is -2.59. The van der Waals surface area contributed by atoms with Crippen molar-refractivity contribution in [1.82, 2.24) is 0 Å². The fourth-order valence-electron chi connectivity index (χ4n) is 5.19. The minimum Gasteiger partial charge on any atom is -0.494 e. The number of nitrogens with zero attached hydrogens (tertiary/aromatic N) is 1. The number of rotatable bonds is 10. The largest absolute Gasteiger partial charge is 0.494 e. The number of amides is 1. The smallest absolute Gasteiger partial charge is 0.233 e. The molecule has 3 aromatic rings. The Kier molecular flexibility index (Phi) is 8.81. The molecule has 2 aliphatic heterocycles. The predicted octanol–water partition coefficient (Wildman–Crippen LogP) is 2.36. The molecule has 11 heteroatoms. The highest BCUT2D eigenvalue weighted by molar-refractivity contribution is 6.03. The van der Waals surface area contributed by atoms with Crippen molar-refractivity contribution in [3.05, 3.63) is 90.0 Å². The van der Waals surface area contributed by atoms with Crippen molar-refractivity contribution < 1.29 is 48.2 Å². The molecular weight excluding hydrogens is 540 g/mol. The monoisotopic (exact) mass is 571 g/mol. The quantitative estimate of drug-likeness (QED) is 0.273. The van der Waals surface area contributed by atoms with E-state index in [0.717, 1.165) is 5.56 Å². The van der Waals surface area contributed by atoms with Crippen LogP contribution >= 0.6 is 0 Å². The van der Waals surface area contributed by atoms with Crippen LogP contribution in [-0.2, 0) is 9.53 Å². The maximum Gasteiger partial charge on any atom is 0.233 e. The van der Waals surface area contributed by atoms with Crippen LogP contribution in [0.5, 0.6) is 11.5 Å². The van der Waals surface area contributed by atoms with Gasteiger partial charge in [-0.25, -0.2) is 8.78 Å². The van der Waals surface area contributed by atoms with Gasteiger partial charge in [-0.15, -0.1) is 0 Å². The highest BCUT2D eigenvalue weighted by Gasteiger charge is 2.48. The summed E-state index contributed by atoms with van der Waals surface area (Å²) in [4.78, 5) is 14.8. The zero-order valence-electron chi connectivity index (χ0n) is 21.9. The maximum absolute atomic E-state index is 13.6. The van der Waals surface area contributed by atoms with E-state index in [-0.39, 0.29) is 31.0 Å². The van der Waals surface area contributed by atoms with E-state index in [1.165, 1.54) is 36.4 Å². The number of benzene rings is 3. The Bertz CT molecular complexity index is 1310. The van der Waals surface area contributed by atoms with Crippen molar-refractivity contribution in [1.29, 1.82) is 0 Å². The third-order valence-electron chi connectivity index (χ3n) is 7.46. The molecular formula is C30H31F2NO8. The summed E-state index contributed by atoms with van der Waals surface area (Å²) in [5.74, 6) is -0.411. The van der Waals surface area contributed by atoms with Crippen molar-refractivity contribution in [3.63, 3.8) is 0 Å². The van der Waals surface area contributed by atoms with Crippen molar-refractivity contribution >= 4 is 11.6 Å². The van der Waals surface area contributed by atoms with Gasteiger partial charge >= 0.3 is 0 Å². The third kappa shape index (κ3) is 6.19. The number of hydrogen-bond acceptors (Lipinski definition) is 8. The highest BCUT2D eigenvalue weighted by atomic mass is 19.1. The summed E-state index contributed by atoms with van der Waals surface area (Å²) in [6.45, 7) is -0.444. The Hall–Kier alpha value is -3.61. The lowest BCUT2D eigenvalue weighted by atomic mass is 9.80. The molecule has 41 heavy (non-hydrogen) atoms. The van der Waals surface area contributed by atoms with Gasteiger partial charge in [0.1, 0.15) is 60.3 Å². The second-order valence-electron chi connectivity index (χ2n) is 10.1. The number of halogens is 2. The molecule has 1 amide bonds. The van der Waals surface area contributed by atoms with Crippen molar-refractivity contribution in [2.45, 2.75) is 43.0 Å². The Morgan fingerprint density at radius 2 is 1.32 bits per heavy atom. The normalized spacial score (nSPS) is 27.8. The molecule has 7 unspecified atom stereocenters. The number of carbonyl (C=O) groups is 1. The molecule has 0 saturated carbocycles. The molecule has 2 saturated heterocycles. The second kappa shape index (κ2) is 12.5. The predicted molar refractivity (Wildman–Crippen MR) is 142 cm³/mol. The van der Waals surface area contributed by atoms with E-state index in [2.05, 4.69) is 0 Å². The van der Waals surface area contributed by atoms with Gasteiger partial charge in [0.05, 0.1) is 25.2 Å². The summed E-state index contributed by atoms with van der Waals surface area (Å²) in [5.41, 5.74) is 1.36. The molecule has 3 aromatic carbocycles. The molecule has 2 heterocycles. The van der Waals surface area contributed by atoms with Crippen molar-refractivity contribution in [2.75, 3.05) is 24.7 Å². The lowest BCUT2D eigenvalue weighted by Gasteiger charge is -2.47. The first kappa shape index (κ1) is 28.9. The van der Waals surface area contributed by atoms with E-state index < -0.39 is 48.9 Å². The molecule has 0 aliphatic carbocycles. The molecule has 2 aliphatic rings. The molecule has 9 nitrogen and oxygen atoms in total. The number of aliphatic hydroxyl groups is 4. The van der Waals surface area contributed by atoms with Crippen molar-refractivity contribution in [3.8, 4) is 11.5 Å². The molecule has 0 aromatic heterocycles. The molecule has 218 valence electrons. The third-order valence-corrected chi connectivity index (χ3v) is 7.46. The van der Waals surface area contributed by atoms with E-state index in [9.17, 15) is 34.0 Å². The van der Waals surface area contributed by atoms with Gasteiger partial charge in [0.25, 0.3) is 0 Å². The molecule has 4 N–H and O–H groups in total. The average molecular weight is 572 g/mol. The number of carbonyl (C=O) groups excluding carboxylic acids is 1. The topological polar surface area (TPSA) is 129 Å². The van der Waals surface area contributed by atoms with Gasteiger partial charge in [-0.3, -0.25) is 4.79 Å². The maximum atomic E-state index is 13.6. The Morgan fingerprint density at radius 3 is 1.95 bits per heavy atom. The minimum absolute atomic E-state index is 0.132. The zero-order valence-corrected chi connectivity index (χ0v) is 21.9. The lowest BCUT2D eigenvalue weighted by molar-refractivity contribution is -0.234. The minimum atomic E-state index is -1.49. The Morgan fingerprint density at radius 1 is 0.756 bits per heavy atom. The fraction of sp³-hybridized carbons (Fsp3) is 0.367. The zero-order chi connectivity index (χ0) is 29.1. The molecule has 2 fully saturated rings. The van der Waals surface area contributed by atoms with Crippen LogP contribution in [0.3, 0.4) is 0 Å². The SMILES string of the molecule is O=C1C(CCOc2ccc(F)cc2)C(c2ccc(OCC3OC(CO)C(O)C(O)C3O)cc2)N1c1ccc(F)cc1. The molecule has 0 bridgehead atoms. The molecule has 0 radical (unpaired) electrons. The number of aliphatic hydroxyl groups excluding tert-OH is 4. The van der Waals surface area contributed by atoms with E-state index >= 15 is 0 Å². The van der Waals surface area contributed by atoms with E-state index in [1.54, 1.807) is 41.3 Å². The Balaban J connectivity index is 1.27. The van der Waals surface area contributed by atoms with Gasteiger partial charge in [0, 0.05) is 5.69 Å². The first-order valence-corrected chi connectivity index (χ1v) is 13.3. The van der Waals surface area contributed by atoms with Gasteiger partial charge < -0.3 is 39.5 Å². The van der Waals surface area contributed by atoms with Crippen LogP contribution < -0.4 is 14.4 Å².